The summed E-state index contributed by atoms with van der Waals surface area (Å²) in [6, 6.07) is 66.3. The number of nitrogens with zero attached hydrogens (tertiary/aromatic N) is 6. The molecule has 0 radical (unpaired) electrons. The van der Waals surface area contributed by atoms with Crippen molar-refractivity contribution in [1.82, 2.24) is 29.4 Å². The molecule has 6 heterocycles. The average Bonchev–Trinajstić information content (AvgIpc) is 1.78. The number of anilines is 2. The zero-order chi connectivity index (χ0) is 59.1. The molecule has 2 aliphatic heterocycles. The molecule has 0 saturated carbocycles. The van der Waals surface area contributed by atoms with Crippen molar-refractivity contribution in [2.24, 2.45) is 0 Å². The van der Waals surface area contributed by atoms with Gasteiger partial charge in [-0.1, -0.05) is 187 Å². The zero-order valence-electron chi connectivity index (χ0n) is 47.1. The van der Waals surface area contributed by atoms with E-state index in [9.17, 15) is 9.90 Å². The van der Waals surface area contributed by atoms with Crippen molar-refractivity contribution < 1.29 is 47.8 Å². The molecule has 6 aromatic carbocycles. The van der Waals surface area contributed by atoms with Crippen LogP contribution in [0.5, 0.6) is 0 Å². The van der Waals surface area contributed by atoms with Gasteiger partial charge in [-0.15, -0.1) is 5.10 Å². The normalized spacial score (nSPS) is 21.7. The van der Waals surface area contributed by atoms with Crippen LogP contribution in [-0.2, 0) is 88.1 Å². The topological polar surface area (TPSA) is 224 Å². The predicted molar refractivity (Wildman–Crippen MR) is 323 cm³/mol. The van der Waals surface area contributed by atoms with Gasteiger partial charge in [0.05, 0.1) is 70.3 Å². The number of benzene rings is 6. The maximum Gasteiger partial charge on any atom is 0.341 e. The lowest BCUT2D eigenvalue weighted by molar-refractivity contribution is -0.294. The number of ether oxygens (including phenoxy) is 8. The number of hydrogen-bond donors (Lipinski definition) is 3. The number of nitrogen functional groups attached to an aromatic ring is 2. The Kier molecular flexibility index (Phi) is 19.8. The third-order valence-electron chi connectivity index (χ3n) is 14.8. The number of cyclic esters (lactones) is 1. The molecule has 0 amide bonds. The van der Waals surface area contributed by atoms with Gasteiger partial charge in [0.25, 0.3) is 0 Å². The predicted octanol–water partition coefficient (Wildman–Crippen LogP) is 10.4. The van der Waals surface area contributed by atoms with Gasteiger partial charge >= 0.3 is 5.97 Å². The second kappa shape index (κ2) is 28.1. The Labute approximate surface area is 501 Å². The molecule has 2 fully saturated rings. The molecule has 85 heavy (non-hydrogen) atoms. The Balaban J connectivity index is 0.000000164. The lowest BCUT2D eigenvalue weighted by Gasteiger charge is -2.40. The molecular formula is C66H67BrN8O10. The minimum Gasteiger partial charge on any atom is -0.455 e. The van der Waals surface area contributed by atoms with Crippen LogP contribution in [0.3, 0.4) is 0 Å². The van der Waals surface area contributed by atoms with Crippen LogP contribution in [0.2, 0.25) is 0 Å². The smallest absolute Gasteiger partial charge is 0.341 e. The van der Waals surface area contributed by atoms with Crippen molar-refractivity contribution in [1.29, 1.82) is 0 Å². The van der Waals surface area contributed by atoms with Crippen LogP contribution in [0.15, 0.2) is 223 Å². The number of carbonyl (C=O) groups excluding carboxylic acids is 1. The summed E-state index contributed by atoms with van der Waals surface area (Å²) in [6.45, 7) is 5.88. The van der Waals surface area contributed by atoms with E-state index in [0.717, 1.165) is 43.5 Å². The summed E-state index contributed by atoms with van der Waals surface area (Å²) < 4.78 is 53.9. The molecule has 0 bridgehead atoms. The summed E-state index contributed by atoms with van der Waals surface area (Å²) >= 11 is 3.31. The quantitative estimate of drug-likeness (QED) is 0.0569. The van der Waals surface area contributed by atoms with Gasteiger partial charge in [0.2, 0.25) is 5.79 Å². The molecular weight excluding hydrogens is 1140 g/mol. The monoisotopic (exact) mass is 1210 g/mol. The van der Waals surface area contributed by atoms with Crippen LogP contribution in [0.4, 0.5) is 11.5 Å². The Hall–Kier alpha value is -8.21. The molecule has 0 aliphatic carbocycles. The minimum atomic E-state index is -1.99. The van der Waals surface area contributed by atoms with E-state index in [1.807, 2.05) is 201 Å². The Morgan fingerprint density at radius 3 is 1.53 bits per heavy atom. The van der Waals surface area contributed by atoms with Gasteiger partial charge in [0.1, 0.15) is 40.5 Å². The van der Waals surface area contributed by atoms with E-state index in [0.29, 0.717) is 36.7 Å². The highest BCUT2D eigenvalue weighted by Gasteiger charge is 2.67. The summed E-state index contributed by atoms with van der Waals surface area (Å²) in [5, 5.41) is 24.5. The molecule has 4 aromatic heterocycles. The molecule has 0 spiro atoms. The van der Waals surface area contributed by atoms with E-state index < -0.39 is 47.4 Å². The first kappa shape index (κ1) is 59.9. The van der Waals surface area contributed by atoms with E-state index in [1.54, 1.807) is 23.6 Å². The minimum absolute atomic E-state index is 0.154. The van der Waals surface area contributed by atoms with Crippen LogP contribution < -0.4 is 11.5 Å². The Bertz CT molecular complexity index is 3690. The first-order valence-electron chi connectivity index (χ1n) is 27.8. The maximum atomic E-state index is 12.9. The van der Waals surface area contributed by atoms with Crippen LogP contribution >= 0.6 is 15.9 Å². The highest BCUT2D eigenvalue weighted by atomic mass is 79.9. The molecule has 19 heteroatoms. The van der Waals surface area contributed by atoms with Gasteiger partial charge in [0, 0.05) is 0 Å². The molecule has 10 aromatic rings. The zero-order valence-corrected chi connectivity index (χ0v) is 48.7. The number of esters is 1. The lowest BCUT2D eigenvalue weighted by Crippen LogP contribution is -2.55. The van der Waals surface area contributed by atoms with Crippen LogP contribution in [-0.4, -0.2) is 89.3 Å². The van der Waals surface area contributed by atoms with E-state index in [-0.39, 0.29) is 38.9 Å². The molecule has 18 nitrogen and oxygen atoms in total. The maximum absolute atomic E-state index is 12.9. The molecule has 12 rings (SSSR count). The first-order valence-corrected chi connectivity index (χ1v) is 28.6. The first-order chi connectivity index (χ1) is 41.4. The van der Waals surface area contributed by atoms with Crippen molar-refractivity contribution in [3.63, 3.8) is 0 Å². The van der Waals surface area contributed by atoms with Gasteiger partial charge in [-0.05, 0) is 87.4 Å². The second-order valence-corrected chi connectivity index (χ2v) is 21.6. The molecule has 1 unspecified atom stereocenters. The van der Waals surface area contributed by atoms with Crippen LogP contribution in [0, 0.1) is 0 Å². The Morgan fingerprint density at radius 2 is 1.01 bits per heavy atom. The summed E-state index contributed by atoms with van der Waals surface area (Å²) in [7, 11) is 0. The fraction of sp³-hybridized carbons (Fsp3) is 0.258. The Morgan fingerprint density at radius 1 is 0.553 bits per heavy atom. The molecule has 7 atom stereocenters. The third-order valence-corrected chi connectivity index (χ3v) is 15.4. The standard InChI is InChI=1S/C33H34N4O5.C27H28O5.C6H5BrN4/c1-32(41-21-26-15-9-4-10-16-26)30(40-20-25-13-7-3-8-14-25)28(22-39-19-24-11-5-2-6-12-24)42-33(32,38)29-18-17-27-31(34)35-23-36-37(27)29;1-27(31-19-23-15-9-4-10-16-23)25(30-18-22-13-7-3-8-14-22)24(32-26(27)28)20-29-17-21-11-5-2-6-12-21;7-6-2-1-5-4(8)3-9-10-11(5)6/h2-18,23,28,30,38H,19-22H2,1H3,(H2,34,35,36);2-16,24-25H,17-20H2,1H3;1-3H,8H2/t28-,30-,32-,33?;24-,25-,27-;/m11./s1. The van der Waals surface area contributed by atoms with Crippen LogP contribution in [0.1, 0.15) is 52.9 Å². The summed E-state index contributed by atoms with van der Waals surface area (Å²) in [4.78, 5) is 17.0. The number of halogens is 1. The van der Waals surface area contributed by atoms with E-state index in [2.05, 4.69) is 36.3 Å². The number of rotatable bonds is 21. The lowest BCUT2D eigenvalue weighted by atomic mass is 9.87. The molecule has 2 aliphatic rings. The van der Waals surface area contributed by atoms with E-state index >= 15 is 0 Å². The number of aliphatic hydroxyl groups is 1. The van der Waals surface area contributed by atoms with Gasteiger partial charge in [-0.2, -0.15) is 5.10 Å². The summed E-state index contributed by atoms with van der Waals surface area (Å²) in [6.07, 6.45) is 0.294. The number of carbonyl (C=O) groups is 1. The molecule has 2 saturated heterocycles. The van der Waals surface area contributed by atoms with Gasteiger partial charge < -0.3 is 54.5 Å². The van der Waals surface area contributed by atoms with Crippen molar-refractivity contribution >= 4 is 44.4 Å². The number of fused-ring (bicyclic) bond motifs is 2. The summed E-state index contributed by atoms with van der Waals surface area (Å²) in [5.74, 6) is -2.14. The average molecular weight is 1210 g/mol. The highest BCUT2D eigenvalue weighted by molar-refractivity contribution is 9.10. The van der Waals surface area contributed by atoms with E-state index in [1.165, 1.54) is 17.0 Å². The van der Waals surface area contributed by atoms with Crippen molar-refractivity contribution in [2.45, 2.75) is 94.9 Å². The molecule has 5 N–H and O–H groups in total. The highest BCUT2D eigenvalue weighted by Crippen LogP contribution is 2.50. The van der Waals surface area contributed by atoms with Crippen molar-refractivity contribution in [3.05, 3.63) is 262 Å². The van der Waals surface area contributed by atoms with Gasteiger partial charge in [0.15, 0.2) is 23.1 Å². The largest absolute Gasteiger partial charge is 0.455 e. The molecule has 438 valence electrons. The van der Waals surface area contributed by atoms with Crippen LogP contribution in [0.25, 0.3) is 11.0 Å². The fourth-order valence-electron chi connectivity index (χ4n) is 10.1. The fourth-order valence-corrected chi connectivity index (χ4v) is 10.5. The third kappa shape index (κ3) is 14.3. The van der Waals surface area contributed by atoms with Crippen molar-refractivity contribution in [3.8, 4) is 0 Å². The number of aromatic nitrogens is 6. The van der Waals surface area contributed by atoms with E-state index in [4.69, 9.17) is 49.4 Å². The van der Waals surface area contributed by atoms with Gasteiger partial charge in [-0.25, -0.2) is 18.8 Å². The second-order valence-electron chi connectivity index (χ2n) is 20.7. The SMILES string of the molecule is C[C@@]1(OCc2ccccc2)[C@H](OCc2ccccc2)[C@@H](COCc2ccccc2)OC1(O)c1ccc2c(N)ncnn12.C[C@]1(OCc2ccccc2)C(=O)O[C@H](COCc2ccccc2)[C@H]1OCc1ccccc1.Nc1cnnn2c(Br)ccc12. The van der Waals surface area contributed by atoms with Crippen molar-refractivity contribution in [2.75, 3.05) is 24.7 Å². The number of nitrogens with two attached hydrogens (primary N) is 2. The summed E-state index contributed by atoms with van der Waals surface area (Å²) in [5.41, 5.74) is 17.5. The van der Waals surface area contributed by atoms with Gasteiger partial charge in [-0.3, -0.25) is 0 Å². The number of hydrogen-bond acceptors (Lipinski definition) is 16.